The molecular weight excluding hydrogens is 460 g/mol. The number of rotatable bonds is 5. The van der Waals surface area contributed by atoms with Crippen LogP contribution in [0.5, 0.6) is 5.75 Å². The van der Waals surface area contributed by atoms with Gasteiger partial charge >= 0.3 is 0 Å². The Kier molecular flexibility index (Phi) is 5.69. The summed E-state index contributed by atoms with van der Waals surface area (Å²) in [5, 5.41) is 2.99. The van der Waals surface area contributed by atoms with Crippen LogP contribution in [0.15, 0.2) is 65.7 Å². The fraction of sp³-hybridized carbons (Fsp3) is 0.150. The molecule has 2 aromatic rings. The van der Waals surface area contributed by atoms with Crippen molar-refractivity contribution < 1.29 is 13.9 Å². The number of likely N-dealkylation sites (N-methyl/N-ethyl adjacent to an activating group) is 1. The molecule has 0 aromatic heterocycles. The maximum absolute atomic E-state index is 14.3. The van der Waals surface area contributed by atoms with E-state index < -0.39 is 11.7 Å². The Morgan fingerprint density at radius 3 is 2.70 bits per heavy atom. The van der Waals surface area contributed by atoms with Crippen LogP contribution in [0, 0.1) is 16.3 Å². The number of para-hydroxylation sites is 1. The number of aryl methyl sites for hydroxylation is 1. The van der Waals surface area contributed by atoms with Gasteiger partial charge in [0.15, 0.2) is 0 Å². The Balaban J connectivity index is 2.00. The van der Waals surface area contributed by atoms with Crippen LogP contribution in [-0.4, -0.2) is 24.4 Å². The topological polar surface area (TPSA) is 67.6 Å². The summed E-state index contributed by atoms with van der Waals surface area (Å²) in [4.78, 5) is 14.0. The van der Waals surface area contributed by atoms with Crippen LogP contribution in [0.1, 0.15) is 5.56 Å². The van der Waals surface area contributed by atoms with Crippen molar-refractivity contribution in [3.05, 3.63) is 80.6 Å². The summed E-state index contributed by atoms with van der Waals surface area (Å²) in [6.07, 6.45) is 1.78. The molecule has 0 fully saturated rings. The molecule has 0 saturated carbocycles. The first-order chi connectivity index (χ1) is 12.9. The van der Waals surface area contributed by atoms with Crippen LogP contribution in [-0.2, 0) is 4.79 Å². The van der Waals surface area contributed by atoms with Gasteiger partial charge in [0.05, 0.1) is 5.69 Å². The van der Waals surface area contributed by atoms with Crippen molar-refractivity contribution in [2.24, 2.45) is 5.73 Å². The molecule has 0 radical (unpaired) electrons. The third kappa shape index (κ3) is 4.24. The van der Waals surface area contributed by atoms with Crippen molar-refractivity contribution in [3.8, 4) is 5.75 Å². The minimum absolute atomic E-state index is 0.171. The molecule has 0 unspecified atom stereocenters. The van der Waals surface area contributed by atoms with Crippen LogP contribution >= 0.6 is 22.6 Å². The molecule has 0 spiro atoms. The van der Waals surface area contributed by atoms with Gasteiger partial charge in [-0.1, -0.05) is 18.2 Å². The van der Waals surface area contributed by atoms with Crippen molar-refractivity contribution in [1.29, 1.82) is 0 Å². The highest BCUT2D eigenvalue weighted by Crippen LogP contribution is 2.29. The number of hydrogen-bond donors (Lipinski definition) is 2. The molecule has 1 heterocycles. The van der Waals surface area contributed by atoms with E-state index in [0.29, 0.717) is 23.9 Å². The van der Waals surface area contributed by atoms with Crippen LogP contribution in [0.3, 0.4) is 0 Å². The number of carbonyl (C=O) groups excluding carboxylic acids is 1. The lowest BCUT2D eigenvalue weighted by atomic mass is 10.1. The van der Waals surface area contributed by atoms with Crippen molar-refractivity contribution in [3.63, 3.8) is 0 Å². The maximum Gasteiger partial charge on any atom is 0.256 e. The van der Waals surface area contributed by atoms with Crippen LogP contribution in [0.4, 0.5) is 10.1 Å². The predicted octanol–water partition coefficient (Wildman–Crippen LogP) is 3.76. The second kappa shape index (κ2) is 7.99. The van der Waals surface area contributed by atoms with E-state index in [9.17, 15) is 9.18 Å². The van der Waals surface area contributed by atoms with E-state index in [1.807, 2.05) is 53.8 Å². The Morgan fingerprint density at radius 2 is 2.04 bits per heavy atom. The number of halogens is 2. The van der Waals surface area contributed by atoms with Crippen molar-refractivity contribution in [2.75, 3.05) is 18.9 Å². The number of hydrogen-bond acceptors (Lipinski definition) is 4. The van der Waals surface area contributed by atoms with E-state index in [-0.39, 0.29) is 11.3 Å². The zero-order chi connectivity index (χ0) is 19.6. The van der Waals surface area contributed by atoms with Gasteiger partial charge in [-0.3, -0.25) is 4.79 Å². The molecule has 7 heteroatoms. The van der Waals surface area contributed by atoms with Crippen molar-refractivity contribution >= 4 is 34.2 Å². The van der Waals surface area contributed by atoms with Crippen LogP contribution < -0.4 is 15.8 Å². The third-order valence-electron chi connectivity index (χ3n) is 4.16. The average molecular weight is 479 g/mol. The Morgan fingerprint density at radius 1 is 1.30 bits per heavy atom. The highest BCUT2D eigenvalue weighted by atomic mass is 127. The monoisotopic (exact) mass is 479 g/mol. The molecule has 140 valence electrons. The summed E-state index contributed by atoms with van der Waals surface area (Å²) in [6, 6.07) is 12.3. The summed E-state index contributed by atoms with van der Waals surface area (Å²) in [7, 11) is 1.79. The molecule has 3 rings (SSSR count). The molecule has 0 bridgehead atoms. The zero-order valence-electron chi connectivity index (χ0n) is 14.9. The maximum atomic E-state index is 14.3. The first kappa shape index (κ1) is 19.2. The van der Waals surface area contributed by atoms with Gasteiger partial charge in [0.2, 0.25) is 0 Å². The molecule has 1 aliphatic heterocycles. The SMILES string of the molecule is Cc1ccccc1OC1=CCN(C)C(Nc2ccc(I)cc2F)=C1C(N)=O. The number of amides is 1. The van der Waals surface area contributed by atoms with E-state index in [1.54, 1.807) is 30.2 Å². The van der Waals surface area contributed by atoms with Gasteiger partial charge in [-0.15, -0.1) is 0 Å². The number of primary amides is 1. The lowest BCUT2D eigenvalue weighted by Crippen LogP contribution is -2.34. The van der Waals surface area contributed by atoms with Gasteiger partial charge in [0.1, 0.15) is 28.7 Å². The number of nitrogens with one attached hydrogen (secondary N) is 1. The number of nitrogens with two attached hydrogens (primary N) is 1. The number of anilines is 1. The summed E-state index contributed by atoms with van der Waals surface area (Å²) in [6.45, 7) is 2.39. The highest BCUT2D eigenvalue weighted by molar-refractivity contribution is 14.1. The molecule has 5 nitrogen and oxygen atoms in total. The quantitative estimate of drug-likeness (QED) is 0.642. The van der Waals surface area contributed by atoms with E-state index in [1.165, 1.54) is 6.07 Å². The second-order valence-corrected chi connectivity index (χ2v) is 7.40. The van der Waals surface area contributed by atoms with Gasteiger partial charge in [-0.05, 0) is 65.4 Å². The van der Waals surface area contributed by atoms with Gasteiger partial charge in [-0.25, -0.2) is 4.39 Å². The normalized spacial score (nSPS) is 14.1. The Labute approximate surface area is 170 Å². The molecule has 1 amide bonds. The lowest BCUT2D eigenvalue weighted by Gasteiger charge is -2.30. The Bertz CT molecular complexity index is 956. The predicted molar refractivity (Wildman–Crippen MR) is 111 cm³/mol. The standard InChI is InChI=1S/C20H19FIN3O2/c1-12-5-3-4-6-16(12)27-17-9-10-25(2)20(18(17)19(23)26)24-15-8-7-13(22)11-14(15)21/h3-9,11,24H,10H2,1-2H3,(H2,23,26). The number of ether oxygens (including phenoxy) is 1. The fourth-order valence-electron chi connectivity index (χ4n) is 2.72. The van der Waals surface area contributed by atoms with E-state index in [4.69, 9.17) is 10.5 Å². The zero-order valence-corrected chi connectivity index (χ0v) is 17.1. The van der Waals surface area contributed by atoms with E-state index in [2.05, 4.69) is 5.32 Å². The number of nitrogens with zero attached hydrogens (tertiary/aromatic N) is 1. The Hall–Kier alpha value is -2.55. The highest BCUT2D eigenvalue weighted by Gasteiger charge is 2.27. The average Bonchev–Trinajstić information content (AvgIpc) is 2.61. The molecular formula is C20H19FIN3O2. The molecule has 0 atom stereocenters. The van der Waals surface area contributed by atoms with Crippen molar-refractivity contribution in [1.82, 2.24) is 4.90 Å². The van der Waals surface area contributed by atoms with E-state index in [0.717, 1.165) is 9.13 Å². The minimum atomic E-state index is -0.658. The van der Waals surface area contributed by atoms with Gasteiger partial charge in [-0.2, -0.15) is 0 Å². The number of carbonyl (C=O) groups is 1. The molecule has 0 saturated heterocycles. The number of benzene rings is 2. The summed E-state index contributed by atoms with van der Waals surface area (Å²) in [5.74, 6) is 0.307. The van der Waals surface area contributed by atoms with Gasteiger partial charge in [0, 0.05) is 17.2 Å². The van der Waals surface area contributed by atoms with Gasteiger partial charge in [0.25, 0.3) is 5.91 Å². The van der Waals surface area contributed by atoms with Crippen LogP contribution in [0.25, 0.3) is 0 Å². The molecule has 0 aliphatic carbocycles. The summed E-state index contributed by atoms with van der Waals surface area (Å²) >= 11 is 2.04. The largest absolute Gasteiger partial charge is 0.456 e. The first-order valence-electron chi connectivity index (χ1n) is 8.28. The van der Waals surface area contributed by atoms with Crippen molar-refractivity contribution in [2.45, 2.75) is 6.92 Å². The molecule has 2 aromatic carbocycles. The van der Waals surface area contributed by atoms with Gasteiger partial charge < -0.3 is 20.7 Å². The van der Waals surface area contributed by atoms with E-state index >= 15 is 0 Å². The minimum Gasteiger partial charge on any atom is -0.456 e. The second-order valence-electron chi connectivity index (χ2n) is 6.15. The molecule has 1 aliphatic rings. The van der Waals surface area contributed by atoms with Crippen LogP contribution in [0.2, 0.25) is 0 Å². The fourth-order valence-corrected chi connectivity index (χ4v) is 3.17. The summed E-state index contributed by atoms with van der Waals surface area (Å²) < 4.78 is 21.0. The first-order valence-corrected chi connectivity index (χ1v) is 9.36. The smallest absolute Gasteiger partial charge is 0.256 e. The molecule has 27 heavy (non-hydrogen) atoms. The lowest BCUT2D eigenvalue weighted by molar-refractivity contribution is -0.114. The third-order valence-corrected chi connectivity index (χ3v) is 4.83. The molecule has 3 N–H and O–H groups in total. The summed E-state index contributed by atoms with van der Waals surface area (Å²) in [5.41, 5.74) is 7.00.